The summed E-state index contributed by atoms with van der Waals surface area (Å²) in [4.78, 5) is 11.8. The van der Waals surface area contributed by atoms with Gasteiger partial charge in [0.05, 0.1) is 12.2 Å². The van der Waals surface area contributed by atoms with Crippen LogP contribution in [0.5, 0.6) is 0 Å². The van der Waals surface area contributed by atoms with Crippen molar-refractivity contribution >= 4 is 17.3 Å². The third-order valence-electron chi connectivity index (χ3n) is 3.04. The molecule has 0 saturated carbocycles. The number of anilines is 2. The van der Waals surface area contributed by atoms with Gasteiger partial charge in [0.1, 0.15) is 11.6 Å². The van der Waals surface area contributed by atoms with Gasteiger partial charge >= 0.3 is 0 Å². The minimum atomic E-state index is -0.423. The first kappa shape index (κ1) is 15.0. The van der Waals surface area contributed by atoms with Crippen LogP contribution >= 0.6 is 0 Å². The summed E-state index contributed by atoms with van der Waals surface area (Å²) < 4.78 is 26.7. The lowest BCUT2D eigenvalue weighted by atomic mass is 10.2. The maximum Gasteiger partial charge on any atom is 0.243 e. The Morgan fingerprint density at radius 1 is 1.05 bits per heavy atom. The number of aryl methyl sites for hydroxylation is 2. The molecule has 5 heteroatoms. The van der Waals surface area contributed by atoms with E-state index in [1.165, 1.54) is 18.2 Å². The number of hydrogen-bond acceptors (Lipinski definition) is 2. The van der Waals surface area contributed by atoms with Crippen LogP contribution in [-0.4, -0.2) is 12.5 Å². The molecule has 0 radical (unpaired) electrons. The van der Waals surface area contributed by atoms with Crippen molar-refractivity contribution in [3.05, 3.63) is 59.2 Å². The van der Waals surface area contributed by atoms with Gasteiger partial charge in [-0.15, -0.1) is 0 Å². The standard InChI is InChI=1S/C16H16F2N2O/c1-10-3-6-14(13(18)7-10)19-9-16(21)20-15-8-12(17)5-4-11(15)2/h3-8,19H,9H2,1-2H3,(H,20,21). The van der Waals surface area contributed by atoms with Crippen LogP contribution in [0.2, 0.25) is 0 Å². The molecule has 110 valence electrons. The highest BCUT2D eigenvalue weighted by Crippen LogP contribution is 2.17. The third-order valence-corrected chi connectivity index (χ3v) is 3.04. The molecule has 3 nitrogen and oxygen atoms in total. The molecule has 0 spiro atoms. The number of rotatable bonds is 4. The normalized spacial score (nSPS) is 10.3. The Bertz CT molecular complexity index is 671. The average Bonchev–Trinajstić information content (AvgIpc) is 2.42. The number of hydrogen-bond donors (Lipinski definition) is 2. The number of amides is 1. The first-order chi connectivity index (χ1) is 9.95. The molecular formula is C16H16F2N2O. The van der Waals surface area contributed by atoms with Gasteiger partial charge in [-0.3, -0.25) is 4.79 Å². The van der Waals surface area contributed by atoms with Gasteiger partial charge in [-0.05, 0) is 49.2 Å². The second-order valence-electron chi connectivity index (χ2n) is 4.84. The smallest absolute Gasteiger partial charge is 0.243 e. The molecule has 0 bridgehead atoms. The zero-order chi connectivity index (χ0) is 15.4. The molecule has 2 N–H and O–H groups in total. The van der Waals surface area contributed by atoms with Gasteiger partial charge in [-0.2, -0.15) is 0 Å². The minimum Gasteiger partial charge on any atom is -0.374 e. The molecule has 0 saturated heterocycles. The minimum absolute atomic E-state index is 0.101. The Morgan fingerprint density at radius 3 is 2.52 bits per heavy atom. The lowest BCUT2D eigenvalue weighted by Crippen LogP contribution is -2.22. The van der Waals surface area contributed by atoms with E-state index in [9.17, 15) is 13.6 Å². The molecule has 0 atom stereocenters. The average molecular weight is 290 g/mol. The fraction of sp³-hybridized carbons (Fsp3) is 0.188. The molecule has 2 aromatic carbocycles. The van der Waals surface area contributed by atoms with Crippen molar-refractivity contribution in [1.29, 1.82) is 0 Å². The molecule has 2 rings (SSSR count). The summed E-state index contributed by atoms with van der Waals surface area (Å²) in [5.41, 5.74) is 2.22. The largest absolute Gasteiger partial charge is 0.374 e. The summed E-state index contributed by atoms with van der Waals surface area (Å²) in [5, 5.41) is 5.30. The summed E-state index contributed by atoms with van der Waals surface area (Å²) >= 11 is 0. The zero-order valence-electron chi connectivity index (χ0n) is 11.8. The Kier molecular flexibility index (Phi) is 4.52. The fourth-order valence-corrected chi connectivity index (χ4v) is 1.86. The summed E-state index contributed by atoms with van der Waals surface area (Å²) in [7, 11) is 0. The fourth-order valence-electron chi connectivity index (χ4n) is 1.86. The second-order valence-corrected chi connectivity index (χ2v) is 4.84. The van der Waals surface area contributed by atoms with Gasteiger partial charge in [0.15, 0.2) is 0 Å². The maximum absolute atomic E-state index is 13.6. The lowest BCUT2D eigenvalue weighted by molar-refractivity contribution is -0.114. The van der Waals surface area contributed by atoms with Gasteiger partial charge in [0, 0.05) is 5.69 Å². The van der Waals surface area contributed by atoms with Gasteiger partial charge in [-0.25, -0.2) is 8.78 Å². The molecule has 1 amide bonds. The van der Waals surface area contributed by atoms with Crippen LogP contribution in [0.3, 0.4) is 0 Å². The van der Waals surface area contributed by atoms with Gasteiger partial charge in [0.25, 0.3) is 0 Å². The molecule has 0 fully saturated rings. The summed E-state index contributed by atoms with van der Waals surface area (Å²) in [6.07, 6.45) is 0. The van der Waals surface area contributed by atoms with E-state index in [4.69, 9.17) is 0 Å². The SMILES string of the molecule is Cc1ccc(NCC(=O)Nc2cc(F)ccc2C)c(F)c1. The first-order valence-corrected chi connectivity index (χ1v) is 6.52. The van der Waals surface area contributed by atoms with Crippen LogP contribution < -0.4 is 10.6 Å². The van der Waals surface area contributed by atoms with Crippen LogP contribution in [0.15, 0.2) is 36.4 Å². The molecule has 0 heterocycles. The van der Waals surface area contributed by atoms with E-state index in [2.05, 4.69) is 10.6 Å². The van der Waals surface area contributed by atoms with Crippen molar-refractivity contribution in [3.63, 3.8) is 0 Å². The first-order valence-electron chi connectivity index (χ1n) is 6.52. The van der Waals surface area contributed by atoms with Crippen LogP contribution in [0, 0.1) is 25.5 Å². The van der Waals surface area contributed by atoms with Crippen molar-refractivity contribution in [2.75, 3.05) is 17.2 Å². The van der Waals surface area contributed by atoms with Crippen molar-refractivity contribution < 1.29 is 13.6 Å². The van der Waals surface area contributed by atoms with E-state index in [1.54, 1.807) is 32.0 Å². The van der Waals surface area contributed by atoms with Crippen molar-refractivity contribution in [1.82, 2.24) is 0 Å². The second kappa shape index (κ2) is 6.35. The predicted octanol–water partition coefficient (Wildman–Crippen LogP) is 3.63. The van der Waals surface area contributed by atoms with Crippen LogP contribution in [0.4, 0.5) is 20.2 Å². The van der Waals surface area contributed by atoms with Crippen LogP contribution in [-0.2, 0) is 4.79 Å². The van der Waals surface area contributed by atoms with Crippen molar-refractivity contribution in [2.45, 2.75) is 13.8 Å². The third kappa shape index (κ3) is 4.02. The molecule has 2 aromatic rings. The maximum atomic E-state index is 13.6. The highest BCUT2D eigenvalue weighted by atomic mass is 19.1. The quantitative estimate of drug-likeness (QED) is 0.902. The summed E-state index contributed by atoms with van der Waals surface area (Å²) in [5.74, 6) is -1.21. The zero-order valence-corrected chi connectivity index (χ0v) is 11.8. The van der Waals surface area contributed by atoms with Crippen LogP contribution in [0.1, 0.15) is 11.1 Å². The topological polar surface area (TPSA) is 41.1 Å². The number of nitrogens with one attached hydrogen (secondary N) is 2. The van der Waals surface area contributed by atoms with Gasteiger partial charge in [-0.1, -0.05) is 12.1 Å². The van der Waals surface area contributed by atoms with E-state index < -0.39 is 11.6 Å². The van der Waals surface area contributed by atoms with E-state index in [0.717, 1.165) is 11.1 Å². The number of carbonyl (C=O) groups is 1. The highest BCUT2D eigenvalue weighted by molar-refractivity contribution is 5.94. The van der Waals surface area contributed by atoms with Crippen molar-refractivity contribution in [3.8, 4) is 0 Å². The van der Waals surface area contributed by atoms with Gasteiger partial charge in [0.2, 0.25) is 5.91 Å². The monoisotopic (exact) mass is 290 g/mol. The molecule has 0 aromatic heterocycles. The molecule has 0 unspecified atom stereocenters. The number of benzene rings is 2. The number of halogens is 2. The Balaban J connectivity index is 1.97. The molecule has 0 aliphatic rings. The summed E-state index contributed by atoms with van der Waals surface area (Å²) in [6.45, 7) is 3.45. The highest BCUT2D eigenvalue weighted by Gasteiger charge is 2.07. The molecule has 0 aliphatic heterocycles. The van der Waals surface area contributed by atoms with E-state index >= 15 is 0 Å². The summed E-state index contributed by atoms with van der Waals surface area (Å²) in [6, 6.07) is 8.87. The Labute approximate surface area is 122 Å². The lowest BCUT2D eigenvalue weighted by Gasteiger charge is -2.10. The van der Waals surface area contributed by atoms with E-state index in [1.807, 2.05) is 0 Å². The van der Waals surface area contributed by atoms with E-state index in [0.29, 0.717) is 5.69 Å². The predicted molar refractivity (Wildman–Crippen MR) is 79.4 cm³/mol. The number of carbonyl (C=O) groups excluding carboxylic acids is 1. The Morgan fingerprint density at radius 2 is 1.81 bits per heavy atom. The molecule has 0 aliphatic carbocycles. The molecular weight excluding hydrogens is 274 g/mol. The Hall–Kier alpha value is -2.43. The van der Waals surface area contributed by atoms with Crippen LogP contribution in [0.25, 0.3) is 0 Å². The van der Waals surface area contributed by atoms with Gasteiger partial charge < -0.3 is 10.6 Å². The van der Waals surface area contributed by atoms with E-state index in [-0.39, 0.29) is 18.1 Å². The molecule has 21 heavy (non-hydrogen) atoms. The van der Waals surface area contributed by atoms with Crippen molar-refractivity contribution in [2.24, 2.45) is 0 Å².